The zero-order valence-electron chi connectivity index (χ0n) is 8.15. The smallest absolute Gasteiger partial charge is 0.133 e. The van der Waals surface area contributed by atoms with Crippen LogP contribution in [0.15, 0.2) is 0 Å². The summed E-state index contributed by atoms with van der Waals surface area (Å²) in [5.74, 6) is 0. The van der Waals surface area contributed by atoms with Crippen LogP contribution < -0.4 is 0 Å². The minimum atomic E-state index is 0.658. The number of hydrogen-bond donors (Lipinski definition) is 1. The Bertz CT molecular complexity index is 229. The molecule has 1 heterocycles. The Balaban J connectivity index is 2.16. The predicted molar refractivity (Wildman–Crippen MR) is 64.4 cm³/mol. The molecule has 1 saturated heterocycles. The van der Waals surface area contributed by atoms with Gasteiger partial charge < -0.3 is 4.90 Å². The third kappa shape index (κ3) is 3.82. The molecule has 1 aliphatic rings. The van der Waals surface area contributed by atoms with Crippen molar-refractivity contribution in [2.75, 3.05) is 32.7 Å². The van der Waals surface area contributed by atoms with E-state index < -0.39 is 0 Å². The molecule has 14 heavy (non-hydrogen) atoms. The van der Waals surface area contributed by atoms with Crippen LogP contribution in [0.25, 0.3) is 0 Å². The minimum Gasteiger partial charge on any atom is -0.355 e. The van der Waals surface area contributed by atoms with Gasteiger partial charge in [0, 0.05) is 32.6 Å². The van der Waals surface area contributed by atoms with Gasteiger partial charge in [0.2, 0.25) is 0 Å². The molecule has 0 unspecified atom stereocenters. The van der Waals surface area contributed by atoms with Crippen molar-refractivity contribution in [1.29, 1.82) is 5.26 Å². The summed E-state index contributed by atoms with van der Waals surface area (Å²) in [4.78, 5) is 4.49. The van der Waals surface area contributed by atoms with Crippen molar-refractivity contribution in [2.24, 2.45) is 0 Å². The fourth-order valence-corrected chi connectivity index (χ4v) is 1.93. The molecular weight excluding hydrogens is 214 g/mol. The lowest BCUT2D eigenvalue weighted by Crippen LogP contribution is -2.47. The molecule has 0 N–H and O–H groups in total. The molecule has 1 aliphatic heterocycles. The lowest BCUT2D eigenvalue weighted by Gasteiger charge is -2.34. The van der Waals surface area contributed by atoms with E-state index in [1.807, 2.05) is 0 Å². The normalized spacial score (nSPS) is 17.9. The Morgan fingerprint density at radius 3 is 2.50 bits per heavy atom. The van der Waals surface area contributed by atoms with Gasteiger partial charge in [-0.1, -0.05) is 12.2 Å². The Labute approximate surface area is 96.1 Å². The van der Waals surface area contributed by atoms with Crippen molar-refractivity contribution in [2.45, 2.75) is 12.8 Å². The van der Waals surface area contributed by atoms with Crippen molar-refractivity contribution < 1.29 is 0 Å². The van der Waals surface area contributed by atoms with Crippen molar-refractivity contribution >= 4 is 29.2 Å². The topological polar surface area (TPSA) is 30.3 Å². The number of thiol groups is 1. The zero-order chi connectivity index (χ0) is 10.4. The summed E-state index contributed by atoms with van der Waals surface area (Å²) in [7, 11) is 0. The van der Waals surface area contributed by atoms with Crippen LogP contribution in [0.4, 0.5) is 0 Å². The van der Waals surface area contributed by atoms with Gasteiger partial charge in [-0.2, -0.15) is 5.26 Å². The number of nitriles is 1. The van der Waals surface area contributed by atoms with Crippen molar-refractivity contribution in [3.63, 3.8) is 0 Å². The zero-order valence-corrected chi connectivity index (χ0v) is 9.86. The van der Waals surface area contributed by atoms with Gasteiger partial charge in [-0.3, -0.25) is 4.90 Å². The Morgan fingerprint density at radius 1 is 1.36 bits per heavy atom. The molecule has 0 atom stereocenters. The number of hydrogen-bond acceptors (Lipinski definition) is 3. The Hall–Kier alpha value is -0.310. The van der Waals surface area contributed by atoms with E-state index in [4.69, 9.17) is 17.5 Å². The van der Waals surface area contributed by atoms with Crippen LogP contribution in [0.2, 0.25) is 0 Å². The minimum absolute atomic E-state index is 0.658. The fourth-order valence-electron chi connectivity index (χ4n) is 1.54. The highest BCUT2D eigenvalue weighted by atomic mass is 32.1. The van der Waals surface area contributed by atoms with Crippen LogP contribution in [0.3, 0.4) is 0 Å². The summed E-state index contributed by atoms with van der Waals surface area (Å²) < 4.78 is 0.696. The van der Waals surface area contributed by atoms with Crippen LogP contribution >= 0.6 is 24.8 Å². The van der Waals surface area contributed by atoms with Crippen LogP contribution in [-0.2, 0) is 0 Å². The van der Waals surface area contributed by atoms with Gasteiger partial charge in [0.25, 0.3) is 0 Å². The summed E-state index contributed by atoms with van der Waals surface area (Å²) >= 11 is 9.14. The first-order valence-electron chi connectivity index (χ1n) is 4.81. The molecule has 0 radical (unpaired) electrons. The van der Waals surface area contributed by atoms with Gasteiger partial charge in [0.05, 0.1) is 6.07 Å². The lowest BCUT2D eigenvalue weighted by molar-refractivity contribution is 0.184. The molecule has 3 nitrogen and oxygen atoms in total. The quantitative estimate of drug-likeness (QED) is 0.446. The van der Waals surface area contributed by atoms with E-state index in [1.165, 1.54) is 0 Å². The molecule has 0 bridgehead atoms. The maximum Gasteiger partial charge on any atom is 0.133 e. The largest absolute Gasteiger partial charge is 0.355 e. The van der Waals surface area contributed by atoms with E-state index >= 15 is 0 Å². The molecule has 78 valence electrons. The molecule has 0 aromatic carbocycles. The van der Waals surface area contributed by atoms with Crippen LogP contribution in [0, 0.1) is 11.3 Å². The average molecular weight is 229 g/mol. The van der Waals surface area contributed by atoms with Gasteiger partial charge in [-0.25, -0.2) is 0 Å². The van der Waals surface area contributed by atoms with Gasteiger partial charge in [0.15, 0.2) is 0 Å². The monoisotopic (exact) mass is 229 g/mol. The first-order valence-corrected chi connectivity index (χ1v) is 5.67. The summed E-state index contributed by atoms with van der Waals surface area (Å²) in [5, 5.41) is 8.41. The third-order valence-corrected chi connectivity index (χ3v) is 2.95. The lowest BCUT2D eigenvalue weighted by atomic mass is 10.2. The number of thiocarbonyl (C=S) groups is 1. The maximum absolute atomic E-state index is 8.41. The highest BCUT2D eigenvalue weighted by Crippen LogP contribution is 2.05. The second kappa shape index (κ2) is 6.23. The number of nitrogens with zero attached hydrogens (tertiary/aromatic N) is 3. The number of unbranched alkanes of at least 4 members (excludes halogenated alkanes) is 1. The van der Waals surface area contributed by atoms with E-state index in [-0.39, 0.29) is 0 Å². The maximum atomic E-state index is 8.41. The van der Waals surface area contributed by atoms with E-state index in [9.17, 15) is 0 Å². The van der Waals surface area contributed by atoms with Gasteiger partial charge in [-0.05, 0) is 13.0 Å². The van der Waals surface area contributed by atoms with E-state index in [0.29, 0.717) is 10.7 Å². The van der Waals surface area contributed by atoms with Crippen LogP contribution in [0.5, 0.6) is 0 Å². The van der Waals surface area contributed by atoms with E-state index in [0.717, 1.165) is 39.1 Å². The first kappa shape index (κ1) is 11.8. The molecule has 0 amide bonds. The van der Waals surface area contributed by atoms with Crippen molar-refractivity contribution in [1.82, 2.24) is 9.80 Å². The first-order chi connectivity index (χ1) is 6.74. The van der Waals surface area contributed by atoms with Crippen LogP contribution in [-0.4, -0.2) is 46.8 Å². The predicted octanol–water partition coefficient (Wildman–Crippen LogP) is 1.12. The Morgan fingerprint density at radius 2 is 2.00 bits per heavy atom. The second-order valence-electron chi connectivity index (χ2n) is 3.37. The molecule has 0 aromatic rings. The van der Waals surface area contributed by atoms with Crippen LogP contribution in [0.1, 0.15) is 12.8 Å². The summed E-state index contributed by atoms with van der Waals surface area (Å²) in [6.45, 7) is 5.03. The number of rotatable bonds is 3. The summed E-state index contributed by atoms with van der Waals surface area (Å²) in [5.41, 5.74) is 0. The molecule has 0 aliphatic carbocycles. The molecule has 5 heteroatoms. The molecule has 1 fully saturated rings. The highest BCUT2D eigenvalue weighted by Gasteiger charge is 2.16. The Kier molecular flexibility index (Phi) is 5.23. The third-order valence-electron chi connectivity index (χ3n) is 2.41. The SMILES string of the molecule is N#CCCCN1CCN(C(=S)S)CC1. The average Bonchev–Trinajstić information content (AvgIpc) is 2.19. The molecular formula is C9H15N3S2. The van der Waals surface area contributed by atoms with Crippen molar-refractivity contribution in [3.8, 4) is 6.07 Å². The molecule has 1 rings (SSSR count). The standard InChI is InChI=1S/C9H15N3S2/c10-3-1-2-4-11-5-7-12(8-6-11)9(13)14/h1-2,4-8H2,(H,13,14). The second-order valence-corrected chi connectivity index (χ2v) is 4.49. The van der Waals surface area contributed by atoms with Crippen molar-refractivity contribution in [3.05, 3.63) is 0 Å². The van der Waals surface area contributed by atoms with E-state index in [2.05, 4.69) is 28.5 Å². The van der Waals surface area contributed by atoms with E-state index in [1.54, 1.807) is 0 Å². The molecule has 0 aromatic heterocycles. The fraction of sp³-hybridized carbons (Fsp3) is 0.778. The molecule has 0 saturated carbocycles. The highest BCUT2D eigenvalue weighted by molar-refractivity contribution is 8.10. The van der Waals surface area contributed by atoms with Gasteiger partial charge >= 0.3 is 0 Å². The number of piperazine rings is 1. The van der Waals surface area contributed by atoms with Gasteiger partial charge in [-0.15, -0.1) is 12.6 Å². The summed E-state index contributed by atoms with van der Waals surface area (Å²) in [6.07, 6.45) is 1.63. The summed E-state index contributed by atoms with van der Waals surface area (Å²) in [6, 6.07) is 2.16. The molecule has 0 spiro atoms. The van der Waals surface area contributed by atoms with Gasteiger partial charge in [0.1, 0.15) is 4.32 Å².